The highest BCUT2D eigenvalue weighted by Gasteiger charge is 2.33. The monoisotopic (exact) mass is 469 g/mol. The quantitative estimate of drug-likeness (QED) is 0.574. The van der Waals surface area contributed by atoms with E-state index in [1.54, 1.807) is 12.1 Å². The minimum absolute atomic E-state index is 0.0253. The fraction of sp³-hybridized carbons (Fsp3) is 0.348. The fourth-order valence-corrected chi connectivity index (χ4v) is 5.54. The number of rotatable bonds is 6. The van der Waals surface area contributed by atoms with E-state index in [2.05, 4.69) is 20.5 Å². The number of sulfonamides is 1. The SMILES string of the molecule is O=C(Nc1ccc(-c2n[nH]c(C3CC3)n2)cc1)C1CCCN(S(=O)(=O)c2ccc(F)cc2)C1. The molecule has 1 atom stereocenters. The van der Waals surface area contributed by atoms with Gasteiger partial charge >= 0.3 is 0 Å². The van der Waals surface area contributed by atoms with E-state index in [0.29, 0.717) is 36.8 Å². The summed E-state index contributed by atoms with van der Waals surface area (Å²) >= 11 is 0. The number of amides is 1. The van der Waals surface area contributed by atoms with E-state index >= 15 is 0 Å². The standard InChI is InChI=1S/C23H24FN5O3S/c24-18-7-11-20(12-8-18)33(31,32)29-13-1-2-17(14-29)23(30)25-19-9-5-16(6-10-19)22-26-21(27-28-22)15-3-4-15/h5-12,15,17H,1-4,13-14H2,(H,25,30)(H,26,27,28). The Hall–Kier alpha value is -3.11. The number of anilines is 1. The molecule has 172 valence electrons. The minimum Gasteiger partial charge on any atom is -0.326 e. The molecule has 1 aromatic heterocycles. The summed E-state index contributed by atoms with van der Waals surface area (Å²) < 4.78 is 40.3. The van der Waals surface area contributed by atoms with Gasteiger partial charge in [0.1, 0.15) is 11.6 Å². The largest absolute Gasteiger partial charge is 0.326 e. The molecule has 10 heteroatoms. The Kier molecular flexibility index (Phi) is 5.71. The number of halogens is 1. The zero-order valence-electron chi connectivity index (χ0n) is 17.9. The second-order valence-corrected chi connectivity index (χ2v) is 10.5. The summed E-state index contributed by atoms with van der Waals surface area (Å²) in [6.45, 7) is 0.419. The summed E-state index contributed by atoms with van der Waals surface area (Å²) in [7, 11) is -3.78. The number of aromatic amines is 1. The molecule has 3 aromatic rings. The second-order valence-electron chi connectivity index (χ2n) is 8.54. The minimum atomic E-state index is -3.78. The molecule has 33 heavy (non-hydrogen) atoms. The number of aromatic nitrogens is 3. The van der Waals surface area contributed by atoms with E-state index in [9.17, 15) is 17.6 Å². The van der Waals surface area contributed by atoms with Gasteiger partial charge in [-0.2, -0.15) is 9.40 Å². The third-order valence-electron chi connectivity index (χ3n) is 6.08. The van der Waals surface area contributed by atoms with E-state index in [0.717, 1.165) is 36.4 Å². The first kappa shape index (κ1) is 21.7. The lowest BCUT2D eigenvalue weighted by molar-refractivity contribution is -0.120. The first-order valence-corrected chi connectivity index (χ1v) is 12.4. The predicted octanol–water partition coefficient (Wildman–Crippen LogP) is 3.53. The molecule has 0 radical (unpaired) electrons. The summed E-state index contributed by atoms with van der Waals surface area (Å²) in [4.78, 5) is 17.4. The van der Waals surface area contributed by atoms with Crippen LogP contribution in [0.5, 0.6) is 0 Å². The maximum atomic E-state index is 13.2. The zero-order chi connectivity index (χ0) is 23.0. The van der Waals surface area contributed by atoms with Crippen LogP contribution >= 0.6 is 0 Å². The van der Waals surface area contributed by atoms with Crippen LogP contribution in [0.4, 0.5) is 10.1 Å². The van der Waals surface area contributed by atoms with Crippen molar-refractivity contribution in [2.24, 2.45) is 5.92 Å². The first-order valence-electron chi connectivity index (χ1n) is 11.0. The molecule has 1 aliphatic carbocycles. The number of hydrogen-bond acceptors (Lipinski definition) is 5. The van der Waals surface area contributed by atoms with Crippen molar-refractivity contribution >= 4 is 21.6 Å². The van der Waals surface area contributed by atoms with Crippen molar-refractivity contribution in [1.29, 1.82) is 0 Å². The topological polar surface area (TPSA) is 108 Å². The highest BCUT2D eigenvalue weighted by Crippen LogP contribution is 2.38. The molecule has 2 heterocycles. The molecule has 5 rings (SSSR count). The van der Waals surface area contributed by atoms with Crippen LogP contribution in [-0.2, 0) is 14.8 Å². The van der Waals surface area contributed by atoms with Gasteiger partial charge in [0.2, 0.25) is 15.9 Å². The van der Waals surface area contributed by atoms with Crippen LogP contribution in [-0.4, -0.2) is 46.9 Å². The number of carbonyl (C=O) groups is 1. The third kappa shape index (κ3) is 4.67. The summed E-state index contributed by atoms with van der Waals surface area (Å²) in [5.41, 5.74) is 1.48. The Balaban J connectivity index is 1.23. The number of nitrogens with zero attached hydrogens (tertiary/aromatic N) is 3. The van der Waals surface area contributed by atoms with Crippen LogP contribution < -0.4 is 5.32 Å². The maximum absolute atomic E-state index is 13.2. The van der Waals surface area contributed by atoms with Crippen molar-refractivity contribution in [2.45, 2.75) is 36.5 Å². The Labute approximate surface area is 191 Å². The molecule has 1 saturated carbocycles. The van der Waals surface area contributed by atoms with Crippen molar-refractivity contribution in [1.82, 2.24) is 19.5 Å². The van der Waals surface area contributed by atoms with Crippen LogP contribution in [0, 0.1) is 11.7 Å². The van der Waals surface area contributed by atoms with E-state index in [1.165, 1.54) is 16.4 Å². The van der Waals surface area contributed by atoms with Crippen LogP contribution in [0.25, 0.3) is 11.4 Å². The summed E-state index contributed by atoms with van der Waals surface area (Å²) in [5, 5.41) is 10.1. The average molecular weight is 470 g/mol. The van der Waals surface area contributed by atoms with Crippen LogP contribution in [0.1, 0.15) is 37.4 Å². The lowest BCUT2D eigenvalue weighted by Crippen LogP contribution is -2.43. The molecule has 0 spiro atoms. The Morgan fingerprint density at radius 1 is 1.06 bits per heavy atom. The first-order chi connectivity index (χ1) is 15.9. The molecule has 1 amide bonds. The number of benzene rings is 2. The number of nitrogens with one attached hydrogen (secondary N) is 2. The molecule has 2 aliphatic rings. The summed E-state index contributed by atoms with van der Waals surface area (Å²) in [5.74, 6) is 0.843. The fourth-order valence-electron chi connectivity index (χ4n) is 4.02. The van der Waals surface area contributed by atoms with Crippen LogP contribution in [0.2, 0.25) is 0 Å². The average Bonchev–Trinajstić information content (AvgIpc) is 3.56. The number of hydrogen-bond donors (Lipinski definition) is 2. The van der Waals surface area contributed by atoms with Gasteiger partial charge in [0, 0.05) is 30.3 Å². The molecule has 2 N–H and O–H groups in total. The predicted molar refractivity (Wildman–Crippen MR) is 120 cm³/mol. The van der Waals surface area contributed by atoms with Crippen molar-refractivity contribution in [3.05, 3.63) is 60.2 Å². The molecule has 2 fully saturated rings. The van der Waals surface area contributed by atoms with Crippen molar-refractivity contribution < 1.29 is 17.6 Å². The van der Waals surface area contributed by atoms with Crippen molar-refractivity contribution in [3.8, 4) is 11.4 Å². The lowest BCUT2D eigenvalue weighted by atomic mass is 9.98. The van der Waals surface area contributed by atoms with Gasteiger partial charge in [-0.3, -0.25) is 9.89 Å². The van der Waals surface area contributed by atoms with E-state index < -0.39 is 21.8 Å². The van der Waals surface area contributed by atoms with Gasteiger partial charge in [-0.15, -0.1) is 0 Å². The van der Waals surface area contributed by atoms with E-state index in [4.69, 9.17) is 0 Å². The Bertz CT molecular complexity index is 1250. The molecule has 1 unspecified atom stereocenters. The van der Waals surface area contributed by atoms with Crippen LogP contribution in [0.15, 0.2) is 53.4 Å². The highest BCUT2D eigenvalue weighted by molar-refractivity contribution is 7.89. The Morgan fingerprint density at radius 3 is 2.48 bits per heavy atom. The van der Waals surface area contributed by atoms with E-state index in [-0.39, 0.29) is 17.3 Å². The summed E-state index contributed by atoms with van der Waals surface area (Å²) in [6, 6.07) is 12.0. The van der Waals surface area contributed by atoms with Gasteiger partial charge in [-0.05, 0) is 74.2 Å². The number of H-pyrrole nitrogens is 1. The normalized spacial score (nSPS) is 19.4. The van der Waals surface area contributed by atoms with Gasteiger partial charge < -0.3 is 5.32 Å². The molecular weight excluding hydrogens is 445 g/mol. The molecular formula is C23H24FN5O3S. The van der Waals surface area contributed by atoms with Crippen molar-refractivity contribution in [3.63, 3.8) is 0 Å². The van der Waals surface area contributed by atoms with E-state index in [1.807, 2.05) is 12.1 Å². The number of carbonyl (C=O) groups excluding carboxylic acids is 1. The third-order valence-corrected chi connectivity index (χ3v) is 7.96. The Morgan fingerprint density at radius 2 is 1.79 bits per heavy atom. The van der Waals surface area contributed by atoms with Crippen molar-refractivity contribution in [2.75, 3.05) is 18.4 Å². The molecule has 1 aliphatic heterocycles. The molecule has 1 saturated heterocycles. The molecule has 0 bridgehead atoms. The van der Waals surface area contributed by atoms with Gasteiger partial charge in [0.25, 0.3) is 0 Å². The smallest absolute Gasteiger partial charge is 0.243 e. The summed E-state index contributed by atoms with van der Waals surface area (Å²) in [6.07, 6.45) is 3.46. The zero-order valence-corrected chi connectivity index (χ0v) is 18.7. The van der Waals surface area contributed by atoms with Gasteiger partial charge in [-0.25, -0.2) is 17.8 Å². The van der Waals surface area contributed by atoms with Crippen LogP contribution in [0.3, 0.4) is 0 Å². The van der Waals surface area contributed by atoms with Gasteiger partial charge in [0.15, 0.2) is 5.82 Å². The molecule has 8 nitrogen and oxygen atoms in total. The lowest BCUT2D eigenvalue weighted by Gasteiger charge is -2.31. The van der Waals surface area contributed by atoms with Gasteiger partial charge in [-0.1, -0.05) is 0 Å². The van der Waals surface area contributed by atoms with Gasteiger partial charge in [0.05, 0.1) is 10.8 Å². The maximum Gasteiger partial charge on any atom is 0.243 e. The second kappa shape index (κ2) is 8.68. The molecule has 2 aromatic carbocycles. The highest BCUT2D eigenvalue weighted by atomic mass is 32.2. The number of piperidine rings is 1.